The Morgan fingerprint density at radius 3 is 2.35 bits per heavy atom. The first-order chi connectivity index (χ1) is 9.32. The third-order valence-electron chi connectivity index (χ3n) is 3.04. The largest absolute Gasteiger partial charge is 0.481 e. The van der Waals surface area contributed by atoms with Crippen molar-refractivity contribution in [3.63, 3.8) is 0 Å². The lowest BCUT2D eigenvalue weighted by molar-refractivity contribution is -0.141. The molecule has 0 spiro atoms. The van der Waals surface area contributed by atoms with E-state index in [-0.39, 0.29) is 24.5 Å². The second-order valence-corrected chi connectivity index (χ2v) is 4.89. The zero-order chi connectivity index (χ0) is 15.3. The van der Waals surface area contributed by atoms with Crippen LogP contribution in [0.25, 0.3) is 0 Å². The molecule has 0 saturated carbocycles. The minimum Gasteiger partial charge on any atom is -0.481 e. The number of rotatable bonds is 6. The molecule has 1 aliphatic rings. The average Bonchev–Trinajstić information content (AvgIpc) is 2.79. The Labute approximate surface area is 120 Å². The number of aliphatic carboxylic acids is 3. The van der Waals surface area contributed by atoms with Crippen molar-refractivity contribution >= 4 is 35.2 Å². The van der Waals surface area contributed by atoms with Gasteiger partial charge in [0.15, 0.2) is 5.11 Å². The molecule has 1 aliphatic heterocycles. The van der Waals surface area contributed by atoms with E-state index in [1.165, 1.54) is 4.90 Å². The molecular formula is C11H16N2O6S. The van der Waals surface area contributed by atoms with E-state index in [2.05, 4.69) is 5.32 Å². The van der Waals surface area contributed by atoms with Crippen molar-refractivity contribution in [2.24, 2.45) is 5.92 Å². The number of nitrogens with one attached hydrogen (secondary N) is 1. The molecule has 0 amide bonds. The molecule has 2 atom stereocenters. The van der Waals surface area contributed by atoms with Gasteiger partial charge in [-0.2, -0.15) is 0 Å². The number of carbonyl (C=O) groups is 3. The predicted octanol–water partition coefficient (Wildman–Crippen LogP) is -0.415. The third kappa shape index (κ3) is 4.34. The highest BCUT2D eigenvalue weighted by molar-refractivity contribution is 7.80. The highest BCUT2D eigenvalue weighted by Gasteiger charge is 2.41. The van der Waals surface area contributed by atoms with E-state index in [4.69, 9.17) is 27.5 Å². The monoisotopic (exact) mass is 304 g/mol. The molecule has 8 nitrogen and oxygen atoms in total. The minimum absolute atomic E-state index is 0.00160. The number of nitrogens with zero attached hydrogens (tertiary/aromatic N) is 1. The van der Waals surface area contributed by atoms with Crippen LogP contribution in [0, 0.1) is 5.92 Å². The lowest BCUT2D eigenvalue weighted by Gasteiger charge is -2.24. The van der Waals surface area contributed by atoms with E-state index in [0.717, 1.165) is 0 Å². The van der Waals surface area contributed by atoms with Gasteiger partial charge < -0.3 is 25.5 Å². The number of carboxylic acids is 3. The second-order valence-electron chi connectivity index (χ2n) is 4.51. The van der Waals surface area contributed by atoms with E-state index < -0.39 is 29.9 Å². The Morgan fingerprint density at radius 1 is 1.20 bits per heavy atom. The van der Waals surface area contributed by atoms with Crippen LogP contribution >= 0.6 is 12.2 Å². The summed E-state index contributed by atoms with van der Waals surface area (Å²) in [5.74, 6) is -3.86. The maximum absolute atomic E-state index is 11.1. The highest BCUT2D eigenvalue weighted by atomic mass is 32.1. The van der Waals surface area contributed by atoms with Crippen molar-refractivity contribution in [1.29, 1.82) is 0 Å². The highest BCUT2D eigenvalue weighted by Crippen LogP contribution is 2.23. The first-order valence-corrected chi connectivity index (χ1v) is 6.45. The van der Waals surface area contributed by atoms with Gasteiger partial charge in [-0.25, -0.2) is 4.79 Å². The summed E-state index contributed by atoms with van der Waals surface area (Å²) in [6, 6.07) is -0.962. The van der Waals surface area contributed by atoms with Gasteiger partial charge in [-0.3, -0.25) is 9.59 Å². The standard InChI is InChI=1S/C11H16N2O6S/c14-8(15)2-1-3-12-11(20)13-5-6(9(16)17)4-7(13)10(18)19/h6-7H,1-5H2,(H,12,20)(H,14,15)(H,16,17)(H,18,19)/t6-,7+/m0/s1. The molecule has 1 heterocycles. The van der Waals surface area contributed by atoms with Crippen molar-refractivity contribution in [2.75, 3.05) is 13.1 Å². The van der Waals surface area contributed by atoms with Crippen LogP contribution in [-0.4, -0.2) is 62.4 Å². The fourth-order valence-corrected chi connectivity index (χ4v) is 2.31. The normalized spacial score (nSPS) is 21.5. The van der Waals surface area contributed by atoms with Crippen LogP contribution in [0.4, 0.5) is 0 Å². The van der Waals surface area contributed by atoms with E-state index in [9.17, 15) is 14.4 Å². The lowest BCUT2D eigenvalue weighted by atomic mass is 10.1. The molecule has 0 bridgehead atoms. The molecule has 0 radical (unpaired) electrons. The SMILES string of the molecule is O=C(O)CCCNC(=S)N1C[C@@H](C(=O)O)C[C@@H]1C(=O)O. The van der Waals surface area contributed by atoms with Gasteiger partial charge in [0, 0.05) is 19.5 Å². The predicted molar refractivity (Wildman–Crippen MR) is 71.3 cm³/mol. The van der Waals surface area contributed by atoms with Gasteiger partial charge in [0.25, 0.3) is 0 Å². The van der Waals surface area contributed by atoms with Gasteiger partial charge in [0.05, 0.1) is 5.92 Å². The zero-order valence-electron chi connectivity index (χ0n) is 10.6. The van der Waals surface area contributed by atoms with Crippen LogP contribution in [0.5, 0.6) is 0 Å². The summed E-state index contributed by atoms with van der Waals surface area (Å²) in [5.41, 5.74) is 0. The molecule has 1 saturated heterocycles. The Kier molecular flexibility index (Phi) is 5.68. The Hall–Kier alpha value is -1.90. The van der Waals surface area contributed by atoms with Crippen LogP contribution in [0.3, 0.4) is 0 Å². The van der Waals surface area contributed by atoms with Gasteiger partial charge in [-0.05, 0) is 25.1 Å². The number of hydrogen-bond donors (Lipinski definition) is 4. The van der Waals surface area contributed by atoms with Crippen molar-refractivity contribution < 1.29 is 29.7 Å². The third-order valence-corrected chi connectivity index (χ3v) is 3.42. The molecule has 0 aromatic heterocycles. The van der Waals surface area contributed by atoms with Crippen molar-refractivity contribution in [3.8, 4) is 0 Å². The van der Waals surface area contributed by atoms with Crippen LogP contribution in [0.1, 0.15) is 19.3 Å². The Bertz CT molecular complexity index is 427. The number of likely N-dealkylation sites (tertiary alicyclic amines) is 1. The van der Waals surface area contributed by atoms with Gasteiger partial charge in [0.1, 0.15) is 6.04 Å². The van der Waals surface area contributed by atoms with Crippen LogP contribution in [0.15, 0.2) is 0 Å². The Morgan fingerprint density at radius 2 is 1.85 bits per heavy atom. The fourth-order valence-electron chi connectivity index (χ4n) is 2.01. The molecule has 0 aromatic rings. The maximum atomic E-state index is 11.1. The smallest absolute Gasteiger partial charge is 0.326 e. The van der Waals surface area contributed by atoms with Crippen LogP contribution in [-0.2, 0) is 14.4 Å². The second kappa shape index (κ2) is 7.04. The van der Waals surface area contributed by atoms with Gasteiger partial charge in [-0.15, -0.1) is 0 Å². The van der Waals surface area contributed by atoms with E-state index >= 15 is 0 Å². The Balaban J connectivity index is 2.53. The van der Waals surface area contributed by atoms with E-state index in [1.807, 2.05) is 0 Å². The van der Waals surface area contributed by atoms with Gasteiger partial charge in [0.2, 0.25) is 0 Å². The first-order valence-electron chi connectivity index (χ1n) is 6.04. The molecular weight excluding hydrogens is 288 g/mol. The van der Waals surface area contributed by atoms with E-state index in [1.54, 1.807) is 0 Å². The molecule has 1 rings (SSSR count). The van der Waals surface area contributed by atoms with Gasteiger partial charge in [-0.1, -0.05) is 0 Å². The van der Waals surface area contributed by atoms with Crippen molar-refractivity contribution in [3.05, 3.63) is 0 Å². The topological polar surface area (TPSA) is 127 Å². The molecule has 9 heteroatoms. The van der Waals surface area contributed by atoms with Gasteiger partial charge >= 0.3 is 17.9 Å². The molecule has 112 valence electrons. The number of thiocarbonyl (C=S) groups is 1. The minimum atomic E-state index is -1.12. The molecule has 4 N–H and O–H groups in total. The summed E-state index contributed by atoms with van der Waals surface area (Å²) in [6.45, 7) is 0.336. The summed E-state index contributed by atoms with van der Waals surface area (Å²) >= 11 is 5.04. The first kappa shape index (κ1) is 16.2. The summed E-state index contributed by atoms with van der Waals surface area (Å²) < 4.78 is 0. The molecule has 0 unspecified atom stereocenters. The van der Waals surface area contributed by atoms with Crippen molar-refractivity contribution in [1.82, 2.24) is 10.2 Å². The molecule has 0 aromatic carbocycles. The molecule has 20 heavy (non-hydrogen) atoms. The lowest BCUT2D eigenvalue weighted by Crippen LogP contribution is -2.46. The van der Waals surface area contributed by atoms with Crippen molar-refractivity contribution in [2.45, 2.75) is 25.3 Å². The summed E-state index contributed by atoms with van der Waals surface area (Å²) in [4.78, 5) is 33.7. The molecule has 1 fully saturated rings. The summed E-state index contributed by atoms with van der Waals surface area (Å²) in [5, 5.41) is 29.4. The summed E-state index contributed by atoms with van der Waals surface area (Å²) in [7, 11) is 0. The van der Waals surface area contributed by atoms with Crippen LogP contribution < -0.4 is 5.32 Å². The molecule has 0 aliphatic carbocycles. The zero-order valence-corrected chi connectivity index (χ0v) is 11.4. The fraction of sp³-hybridized carbons (Fsp3) is 0.636. The number of carboxylic acid groups (broad SMARTS) is 3. The quantitative estimate of drug-likeness (QED) is 0.382. The summed E-state index contributed by atoms with van der Waals surface area (Å²) in [6.07, 6.45) is 0.334. The maximum Gasteiger partial charge on any atom is 0.326 e. The van der Waals surface area contributed by atoms with E-state index in [0.29, 0.717) is 13.0 Å². The average molecular weight is 304 g/mol. The van der Waals surface area contributed by atoms with Crippen LogP contribution in [0.2, 0.25) is 0 Å². The number of hydrogen-bond acceptors (Lipinski definition) is 4.